The van der Waals surface area contributed by atoms with Crippen LogP contribution in [-0.4, -0.2) is 24.2 Å². The van der Waals surface area contributed by atoms with Crippen LogP contribution < -0.4 is 10.6 Å². The second-order valence-electron chi connectivity index (χ2n) is 4.22. The van der Waals surface area contributed by atoms with Crippen molar-refractivity contribution in [1.82, 2.24) is 15.8 Å². The zero-order valence-electron chi connectivity index (χ0n) is 9.45. The van der Waals surface area contributed by atoms with Crippen LogP contribution in [0.3, 0.4) is 0 Å². The number of nitrogens with zero attached hydrogens (tertiary/aromatic N) is 1. The van der Waals surface area contributed by atoms with Gasteiger partial charge in [-0.3, -0.25) is 4.79 Å². The first-order valence-electron chi connectivity index (χ1n) is 5.65. The molecular formula is C11H17N3O2. The van der Waals surface area contributed by atoms with Crippen LogP contribution in [0.4, 0.5) is 0 Å². The van der Waals surface area contributed by atoms with Gasteiger partial charge in [0.15, 0.2) is 5.76 Å². The lowest BCUT2D eigenvalue weighted by Gasteiger charge is -2.24. The minimum absolute atomic E-state index is 0.108. The van der Waals surface area contributed by atoms with Crippen LogP contribution in [0.2, 0.25) is 0 Å². The number of hydrogen-bond acceptors (Lipinski definition) is 4. The molecule has 1 aromatic rings. The van der Waals surface area contributed by atoms with Gasteiger partial charge in [-0.25, -0.2) is 0 Å². The Hall–Kier alpha value is -1.36. The molecule has 5 heteroatoms. The van der Waals surface area contributed by atoms with Crippen LogP contribution in [0.25, 0.3) is 0 Å². The highest BCUT2D eigenvalue weighted by molar-refractivity contribution is 5.83. The van der Waals surface area contributed by atoms with E-state index in [1.54, 1.807) is 12.3 Å². The van der Waals surface area contributed by atoms with E-state index in [2.05, 4.69) is 22.7 Å². The fourth-order valence-corrected chi connectivity index (χ4v) is 2.09. The van der Waals surface area contributed by atoms with E-state index >= 15 is 0 Å². The standard InChI is InChI=1S/C11H17N3O2/c1-2-11(4-6-12-8-11)10(15)13-7-9-3-5-14-16-9/h3,5,12H,2,4,6-8H2,1H3,(H,13,15). The van der Waals surface area contributed by atoms with Crippen molar-refractivity contribution in [2.75, 3.05) is 13.1 Å². The first-order valence-corrected chi connectivity index (χ1v) is 5.65. The van der Waals surface area contributed by atoms with Crippen molar-refractivity contribution in [2.45, 2.75) is 26.3 Å². The summed E-state index contributed by atoms with van der Waals surface area (Å²) < 4.78 is 4.93. The third kappa shape index (κ3) is 2.09. The van der Waals surface area contributed by atoms with Gasteiger partial charge in [0.05, 0.1) is 18.2 Å². The average Bonchev–Trinajstić information content (AvgIpc) is 2.97. The van der Waals surface area contributed by atoms with E-state index < -0.39 is 0 Å². The van der Waals surface area contributed by atoms with Crippen LogP contribution in [0, 0.1) is 5.41 Å². The molecule has 0 radical (unpaired) electrons. The van der Waals surface area contributed by atoms with E-state index in [4.69, 9.17) is 4.52 Å². The summed E-state index contributed by atoms with van der Waals surface area (Å²) in [5.74, 6) is 0.793. The number of carbonyl (C=O) groups is 1. The summed E-state index contributed by atoms with van der Waals surface area (Å²) in [7, 11) is 0. The van der Waals surface area contributed by atoms with Crippen molar-refractivity contribution in [3.05, 3.63) is 18.0 Å². The maximum atomic E-state index is 12.1. The highest BCUT2D eigenvalue weighted by Gasteiger charge is 2.39. The second kappa shape index (κ2) is 4.65. The minimum Gasteiger partial charge on any atom is -0.360 e. The Kier molecular flexibility index (Phi) is 3.24. The normalized spacial score (nSPS) is 24.6. The number of nitrogens with one attached hydrogen (secondary N) is 2. The van der Waals surface area contributed by atoms with Crippen molar-refractivity contribution >= 4 is 5.91 Å². The second-order valence-corrected chi connectivity index (χ2v) is 4.22. The Bertz CT molecular complexity index is 342. The van der Waals surface area contributed by atoms with Gasteiger partial charge in [-0.15, -0.1) is 0 Å². The minimum atomic E-state index is -0.236. The van der Waals surface area contributed by atoms with Gasteiger partial charge < -0.3 is 15.2 Å². The highest BCUT2D eigenvalue weighted by atomic mass is 16.5. The molecule has 1 aliphatic rings. The molecule has 1 unspecified atom stereocenters. The summed E-state index contributed by atoms with van der Waals surface area (Å²) in [5.41, 5.74) is -0.236. The van der Waals surface area contributed by atoms with E-state index in [0.29, 0.717) is 12.3 Å². The molecule has 1 aliphatic heterocycles. The lowest BCUT2D eigenvalue weighted by Crippen LogP contribution is -2.41. The molecule has 1 aromatic heterocycles. The molecule has 0 aliphatic carbocycles. The van der Waals surface area contributed by atoms with Crippen LogP contribution in [0.15, 0.2) is 16.8 Å². The first kappa shape index (κ1) is 11.1. The molecule has 1 fully saturated rings. The van der Waals surface area contributed by atoms with Gasteiger partial charge in [-0.1, -0.05) is 12.1 Å². The van der Waals surface area contributed by atoms with Gasteiger partial charge in [-0.2, -0.15) is 0 Å². The van der Waals surface area contributed by atoms with Gasteiger partial charge >= 0.3 is 0 Å². The van der Waals surface area contributed by atoms with Gasteiger partial charge in [-0.05, 0) is 19.4 Å². The summed E-state index contributed by atoms with van der Waals surface area (Å²) in [6.45, 7) is 4.16. The van der Waals surface area contributed by atoms with Crippen LogP contribution in [-0.2, 0) is 11.3 Å². The van der Waals surface area contributed by atoms with E-state index in [1.165, 1.54) is 0 Å². The SMILES string of the molecule is CCC1(C(=O)NCc2ccno2)CCNC1. The molecular weight excluding hydrogens is 206 g/mol. The summed E-state index contributed by atoms with van der Waals surface area (Å²) in [4.78, 5) is 12.1. The fourth-order valence-electron chi connectivity index (χ4n) is 2.09. The molecule has 88 valence electrons. The highest BCUT2D eigenvalue weighted by Crippen LogP contribution is 2.29. The van der Waals surface area contributed by atoms with Crippen LogP contribution in [0.5, 0.6) is 0 Å². The van der Waals surface area contributed by atoms with Crippen molar-refractivity contribution in [2.24, 2.45) is 5.41 Å². The average molecular weight is 223 g/mol. The summed E-state index contributed by atoms with van der Waals surface area (Å²) in [5, 5.41) is 9.74. The Morgan fingerprint density at radius 3 is 3.19 bits per heavy atom. The van der Waals surface area contributed by atoms with Crippen molar-refractivity contribution < 1.29 is 9.32 Å². The van der Waals surface area contributed by atoms with E-state index in [0.717, 1.165) is 25.9 Å². The van der Waals surface area contributed by atoms with E-state index in [9.17, 15) is 4.79 Å². The number of aromatic nitrogens is 1. The van der Waals surface area contributed by atoms with Crippen molar-refractivity contribution in [1.29, 1.82) is 0 Å². The van der Waals surface area contributed by atoms with Gasteiger partial charge in [0.1, 0.15) is 0 Å². The molecule has 1 atom stereocenters. The smallest absolute Gasteiger partial charge is 0.227 e. The number of carbonyl (C=O) groups excluding carboxylic acids is 1. The predicted octanol–water partition coefficient (Wildman–Crippen LogP) is 0.680. The Morgan fingerprint density at radius 1 is 1.75 bits per heavy atom. The fraction of sp³-hybridized carbons (Fsp3) is 0.636. The maximum Gasteiger partial charge on any atom is 0.227 e. The molecule has 0 saturated carbocycles. The van der Waals surface area contributed by atoms with Gasteiger partial charge in [0.2, 0.25) is 5.91 Å². The molecule has 0 bridgehead atoms. The molecule has 2 rings (SSSR count). The Labute approximate surface area is 94.6 Å². The first-order chi connectivity index (χ1) is 7.77. The summed E-state index contributed by atoms with van der Waals surface area (Å²) in [6, 6.07) is 1.76. The molecule has 0 aromatic carbocycles. The number of amides is 1. The molecule has 1 amide bonds. The van der Waals surface area contributed by atoms with Crippen LogP contribution in [0.1, 0.15) is 25.5 Å². The van der Waals surface area contributed by atoms with Crippen LogP contribution >= 0.6 is 0 Å². The molecule has 1 saturated heterocycles. The predicted molar refractivity (Wildman–Crippen MR) is 58.6 cm³/mol. The quantitative estimate of drug-likeness (QED) is 0.787. The third-order valence-electron chi connectivity index (χ3n) is 3.32. The largest absolute Gasteiger partial charge is 0.360 e. The summed E-state index contributed by atoms with van der Waals surface area (Å²) >= 11 is 0. The third-order valence-corrected chi connectivity index (χ3v) is 3.32. The van der Waals surface area contributed by atoms with Gasteiger partial charge in [0, 0.05) is 12.6 Å². The van der Waals surface area contributed by atoms with E-state index in [-0.39, 0.29) is 11.3 Å². The number of rotatable bonds is 4. The maximum absolute atomic E-state index is 12.1. The molecule has 2 N–H and O–H groups in total. The lowest BCUT2D eigenvalue weighted by molar-refractivity contribution is -0.130. The van der Waals surface area contributed by atoms with Crippen molar-refractivity contribution in [3.8, 4) is 0 Å². The zero-order chi connectivity index (χ0) is 11.4. The van der Waals surface area contributed by atoms with E-state index in [1.807, 2.05) is 0 Å². The molecule has 2 heterocycles. The monoisotopic (exact) mass is 223 g/mol. The number of hydrogen-bond donors (Lipinski definition) is 2. The molecule has 16 heavy (non-hydrogen) atoms. The Balaban J connectivity index is 1.91. The lowest BCUT2D eigenvalue weighted by atomic mass is 9.83. The molecule has 0 spiro atoms. The van der Waals surface area contributed by atoms with Gasteiger partial charge in [0.25, 0.3) is 0 Å². The molecule has 5 nitrogen and oxygen atoms in total. The van der Waals surface area contributed by atoms with Crippen molar-refractivity contribution in [3.63, 3.8) is 0 Å². The Morgan fingerprint density at radius 2 is 2.62 bits per heavy atom. The summed E-state index contributed by atoms with van der Waals surface area (Å²) in [6.07, 6.45) is 3.35. The zero-order valence-corrected chi connectivity index (χ0v) is 9.45. The topological polar surface area (TPSA) is 67.2 Å².